The lowest BCUT2D eigenvalue weighted by atomic mass is 10.1. The quantitative estimate of drug-likeness (QED) is 0.180. The molecule has 0 spiro atoms. The molecule has 0 bridgehead atoms. The van der Waals surface area contributed by atoms with Crippen LogP contribution in [-0.2, 0) is 19.4 Å². The highest BCUT2D eigenvalue weighted by Crippen LogP contribution is 3.02. The van der Waals surface area contributed by atoms with Crippen LogP contribution in [0.1, 0.15) is 17.1 Å². The molecule has 2 rings (SSSR count). The Morgan fingerprint density at radius 2 is 1.43 bits per heavy atom. The molecule has 0 saturated heterocycles. The van der Waals surface area contributed by atoms with Gasteiger partial charge < -0.3 is 10.6 Å². The lowest BCUT2D eigenvalue weighted by molar-refractivity contribution is -0.681. The van der Waals surface area contributed by atoms with E-state index in [1.165, 1.54) is 0 Å². The number of hydrogen-bond acceptors (Lipinski definition) is 3. The van der Waals surface area contributed by atoms with E-state index < -0.39 is 71.9 Å². The normalized spacial score (nSPS) is 15.6. The molecule has 0 fully saturated rings. The zero-order valence-corrected chi connectivity index (χ0v) is 19.7. The molecular weight excluding hydrogens is 574 g/mol. The smallest absolute Gasteiger partial charge is 0.362 e. The van der Waals surface area contributed by atoms with E-state index in [2.05, 4.69) is 9.98 Å². The summed E-state index contributed by atoms with van der Waals surface area (Å²) in [6.45, 7) is 0. The number of aliphatic imine (C=N–C) groups is 1. The second kappa shape index (κ2) is 7.86. The van der Waals surface area contributed by atoms with Gasteiger partial charge in [-0.2, -0.15) is 26.3 Å². The van der Waals surface area contributed by atoms with Crippen LogP contribution < -0.4 is 10.3 Å². The van der Waals surface area contributed by atoms with Gasteiger partial charge in [-0.25, -0.2) is 9.56 Å². The molecule has 0 aliphatic heterocycles. The zero-order chi connectivity index (χ0) is 27.6. The Kier molecular flexibility index (Phi) is 6.51. The molecule has 19 heteroatoms. The standard InChI is InChI=1S/C16H12Cl2F11N5S/c1-33(2)13(31-10-7(17)4-6(5-8(10)18)35(25,26,27,28)29)9-11(15(19,20)21)32-14(16(22,23)24)34(3)12(9)30/h4-5,30H,1-3H3/p+1. The van der Waals surface area contributed by atoms with Crippen LogP contribution in [0.5, 0.6) is 0 Å². The third-order valence-corrected chi connectivity index (χ3v) is 5.92. The Morgan fingerprint density at radius 3 is 1.77 bits per heavy atom. The SMILES string of the molecule is CN(C)C(=Nc1c(Cl)cc(S(F)(F)(F)(F)F)cc1Cl)c1c(C(F)(F)F)nc(C(F)(F)F)[n+](C)c1N. The van der Waals surface area contributed by atoms with E-state index in [0.29, 0.717) is 7.05 Å². The maximum atomic E-state index is 13.7. The summed E-state index contributed by atoms with van der Waals surface area (Å²) >= 11 is 11.3. The predicted octanol–water partition coefficient (Wildman–Crippen LogP) is 7.13. The van der Waals surface area contributed by atoms with Crippen LogP contribution in [0.25, 0.3) is 0 Å². The molecule has 0 radical (unpaired) electrons. The van der Waals surface area contributed by atoms with Gasteiger partial charge in [0.15, 0.2) is 0 Å². The summed E-state index contributed by atoms with van der Waals surface area (Å²) in [5, 5.41) is -2.28. The largest absolute Gasteiger partial charge is 0.482 e. The number of aromatic nitrogens is 2. The maximum Gasteiger partial charge on any atom is 0.482 e. The monoisotopic (exact) mass is 586 g/mol. The first-order chi connectivity index (χ1) is 15.3. The van der Waals surface area contributed by atoms with Crippen molar-refractivity contribution in [2.75, 3.05) is 19.8 Å². The molecule has 2 aromatic rings. The first-order valence-electron chi connectivity index (χ1n) is 8.59. The number of nitrogens with two attached hydrogens (primary N) is 1. The molecule has 35 heavy (non-hydrogen) atoms. The third-order valence-electron chi connectivity index (χ3n) is 4.21. The van der Waals surface area contributed by atoms with E-state index in [-0.39, 0.29) is 16.7 Å². The number of hydrogen-bond donors (Lipinski definition) is 1. The van der Waals surface area contributed by atoms with Crippen molar-refractivity contribution in [1.29, 1.82) is 0 Å². The highest BCUT2D eigenvalue weighted by molar-refractivity contribution is 8.45. The van der Waals surface area contributed by atoms with Crippen molar-refractivity contribution < 1.29 is 50.3 Å². The van der Waals surface area contributed by atoms with Crippen LogP contribution in [0.3, 0.4) is 0 Å². The molecule has 1 aromatic heterocycles. The van der Waals surface area contributed by atoms with Crippen LogP contribution in [0.15, 0.2) is 22.0 Å². The van der Waals surface area contributed by atoms with Gasteiger partial charge in [-0.1, -0.05) is 47.6 Å². The van der Waals surface area contributed by atoms with E-state index in [4.69, 9.17) is 28.9 Å². The highest BCUT2D eigenvalue weighted by Gasteiger charge is 2.65. The van der Waals surface area contributed by atoms with E-state index in [9.17, 15) is 45.8 Å². The summed E-state index contributed by atoms with van der Waals surface area (Å²) in [5.41, 5.74) is 1.34. The third kappa shape index (κ3) is 6.11. The Hall–Kier alpha value is -2.27. The number of anilines is 1. The van der Waals surface area contributed by atoms with Crippen molar-refractivity contribution in [3.8, 4) is 0 Å². The number of alkyl halides is 6. The fourth-order valence-electron chi connectivity index (χ4n) is 2.68. The fourth-order valence-corrected chi connectivity index (χ4v) is 4.06. The van der Waals surface area contributed by atoms with Crippen LogP contribution in [0.2, 0.25) is 10.0 Å². The number of halogens is 13. The lowest BCUT2D eigenvalue weighted by Crippen LogP contribution is -2.46. The van der Waals surface area contributed by atoms with Gasteiger partial charge in [0.1, 0.15) is 22.0 Å². The van der Waals surface area contributed by atoms with E-state index in [1.807, 2.05) is 0 Å². The first kappa shape index (κ1) is 29.0. The van der Waals surface area contributed by atoms with Gasteiger partial charge in [-0.05, 0) is 12.1 Å². The lowest BCUT2D eigenvalue weighted by Gasteiger charge is -2.40. The summed E-state index contributed by atoms with van der Waals surface area (Å²) in [6, 6.07) is -0.472. The fraction of sp³-hybridized carbons (Fsp3) is 0.312. The van der Waals surface area contributed by atoms with E-state index >= 15 is 0 Å². The second-order valence-corrected chi connectivity index (χ2v) is 10.4. The summed E-state index contributed by atoms with van der Waals surface area (Å²) in [6.07, 6.45) is -10.9. The van der Waals surface area contributed by atoms with Crippen molar-refractivity contribution >= 4 is 50.8 Å². The molecule has 0 aliphatic rings. The number of rotatable bonds is 3. The molecule has 0 aliphatic carbocycles. The average Bonchev–Trinajstić information content (AvgIpc) is 2.59. The van der Waals surface area contributed by atoms with Gasteiger partial charge in [0.2, 0.25) is 11.5 Å². The van der Waals surface area contributed by atoms with Crippen LogP contribution >= 0.6 is 33.4 Å². The van der Waals surface area contributed by atoms with Gasteiger partial charge >= 0.3 is 28.4 Å². The van der Waals surface area contributed by atoms with Gasteiger partial charge in [0.25, 0.3) is 0 Å². The van der Waals surface area contributed by atoms with Crippen molar-refractivity contribution in [2.24, 2.45) is 12.0 Å². The molecule has 198 valence electrons. The minimum atomic E-state index is -10.3. The van der Waals surface area contributed by atoms with Crippen molar-refractivity contribution in [1.82, 2.24) is 9.88 Å². The number of nitrogen functional groups attached to an aromatic ring is 1. The Labute approximate surface area is 199 Å². The number of nitrogens with zero attached hydrogens (tertiary/aromatic N) is 4. The predicted molar refractivity (Wildman–Crippen MR) is 108 cm³/mol. The number of amidine groups is 1. The van der Waals surface area contributed by atoms with Gasteiger partial charge in [-0.15, -0.1) is 0 Å². The van der Waals surface area contributed by atoms with Crippen molar-refractivity contribution in [2.45, 2.75) is 17.2 Å². The van der Waals surface area contributed by atoms with Gasteiger partial charge in [0.05, 0.1) is 17.1 Å². The average molecular weight is 587 g/mol. The molecule has 0 saturated carbocycles. The molecule has 1 heterocycles. The maximum absolute atomic E-state index is 13.7. The molecule has 0 unspecified atom stereocenters. The summed E-state index contributed by atoms with van der Waals surface area (Å²) in [4.78, 5) is 4.57. The number of benzene rings is 1. The Bertz CT molecular complexity index is 1200. The first-order valence-corrected chi connectivity index (χ1v) is 11.3. The van der Waals surface area contributed by atoms with Crippen molar-refractivity contribution in [3.05, 3.63) is 39.3 Å². The van der Waals surface area contributed by atoms with E-state index in [0.717, 1.165) is 19.0 Å². The Morgan fingerprint density at radius 1 is 0.971 bits per heavy atom. The van der Waals surface area contributed by atoms with Crippen LogP contribution in [-0.4, -0.2) is 29.8 Å². The minimum absolute atomic E-state index is 0.0873. The topological polar surface area (TPSA) is 58.4 Å². The minimum Gasteiger partial charge on any atom is -0.362 e. The summed E-state index contributed by atoms with van der Waals surface area (Å²) in [7, 11) is -7.48. The molecular formula is C16H13Cl2F11N5S+. The second-order valence-electron chi connectivity index (χ2n) is 7.13. The van der Waals surface area contributed by atoms with Gasteiger partial charge in [0, 0.05) is 14.1 Å². The molecule has 5 nitrogen and oxygen atoms in total. The molecule has 1 aromatic carbocycles. The summed E-state index contributed by atoms with van der Waals surface area (Å²) < 4.78 is 146. The molecule has 2 N–H and O–H groups in total. The van der Waals surface area contributed by atoms with Gasteiger partial charge in [-0.3, -0.25) is 0 Å². The molecule has 0 atom stereocenters. The Balaban J connectivity index is 2.97. The molecule has 0 amide bonds. The zero-order valence-electron chi connectivity index (χ0n) is 17.3. The van der Waals surface area contributed by atoms with E-state index in [1.54, 1.807) is 0 Å². The van der Waals surface area contributed by atoms with Crippen molar-refractivity contribution in [3.63, 3.8) is 0 Å². The van der Waals surface area contributed by atoms with Crippen LogP contribution in [0.4, 0.5) is 57.3 Å². The summed E-state index contributed by atoms with van der Waals surface area (Å²) in [5.74, 6) is -4.04. The highest BCUT2D eigenvalue weighted by atomic mass is 35.5. The van der Waals surface area contributed by atoms with Crippen LogP contribution in [0, 0.1) is 0 Å².